The molecule has 2 aromatic rings. The van der Waals surface area contributed by atoms with Crippen LogP contribution >= 0.6 is 0 Å². The van der Waals surface area contributed by atoms with Crippen LogP contribution in [0.3, 0.4) is 0 Å². The molecule has 0 fully saturated rings. The molecule has 0 radical (unpaired) electrons. The van der Waals surface area contributed by atoms with Gasteiger partial charge in [0.05, 0.1) is 0 Å². The van der Waals surface area contributed by atoms with Gasteiger partial charge in [0, 0.05) is 31.2 Å². The number of carbonyl (C=O) groups excluding carboxylic acids is 2. The zero-order valence-corrected chi connectivity index (χ0v) is 12.6. The molecule has 2 rings (SSSR count). The van der Waals surface area contributed by atoms with E-state index in [9.17, 15) is 9.59 Å². The lowest BCUT2D eigenvalue weighted by atomic mass is 10.1. The summed E-state index contributed by atoms with van der Waals surface area (Å²) in [5, 5.41) is 9.33. The molecule has 1 aromatic carbocycles. The first-order chi connectivity index (χ1) is 10.7. The Kier molecular flexibility index (Phi) is 5.71. The molecule has 2 amide bonds. The first-order valence-electron chi connectivity index (χ1n) is 7.35. The van der Waals surface area contributed by atoms with Gasteiger partial charge in [0.25, 0.3) is 0 Å². The summed E-state index contributed by atoms with van der Waals surface area (Å²) >= 11 is 0. The average molecular weight is 300 g/mol. The Morgan fingerprint density at radius 3 is 2.73 bits per heavy atom. The van der Waals surface area contributed by atoms with Crippen molar-refractivity contribution in [2.24, 2.45) is 0 Å². The van der Waals surface area contributed by atoms with Crippen molar-refractivity contribution in [3.8, 4) is 0 Å². The van der Waals surface area contributed by atoms with Crippen LogP contribution in [0, 0.1) is 0 Å². The highest BCUT2D eigenvalue weighted by atomic mass is 16.2. The number of hydrogen-bond donors (Lipinski definition) is 2. The maximum Gasteiger partial charge on any atom is 0.313 e. The normalized spacial score (nSPS) is 10.2. The van der Waals surface area contributed by atoms with Crippen LogP contribution in [0.25, 0.3) is 0 Å². The Morgan fingerprint density at radius 2 is 2.00 bits per heavy atom. The molecule has 0 spiro atoms. The van der Waals surface area contributed by atoms with E-state index in [1.54, 1.807) is 16.9 Å². The zero-order chi connectivity index (χ0) is 15.8. The average Bonchev–Trinajstić information content (AvgIpc) is 3.05. The lowest BCUT2D eigenvalue weighted by molar-refractivity contribution is -0.136. The van der Waals surface area contributed by atoms with Crippen LogP contribution in [-0.2, 0) is 22.6 Å². The maximum absolute atomic E-state index is 11.9. The summed E-state index contributed by atoms with van der Waals surface area (Å²) in [6.07, 6.45) is 5.07. The van der Waals surface area contributed by atoms with Crippen molar-refractivity contribution in [2.45, 2.75) is 26.3 Å². The molecule has 0 aliphatic carbocycles. The van der Waals surface area contributed by atoms with Gasteiger partial charge in [0.1, 0.15) is 0 Å². The molecule has 2 N–H and O–H groups in total. The van der Waals surface area contributed by atoms with Gasteiger partial charge in [-0.1, -0.05) is 25.1 Å². The molecule has 1 aromatic heterocycles. The number of nitrogens with one attached hydrogen (secondary N) is 2. The summed E-state index contributed by atoms with van der Waals surface area (Å²) in [5.74, 6) is -1.26. The molecule has 0 saturated heterocycles. The Hall–Kier alpha value is -2.63. The van der Waals surface area contributed by atoms with Crippen molar-refractivity contribution in [3.05, 3.63) is 48.3 Å². The molecule has 0 bridgehead atoms. The van der Waals surface area contributed by atoms with E-state index in [0.717, 1.165) is 12.0 Å². The third-order valence-electron chi connectivity index (χ3n) is 3.26. The van der Waals surface area contributed by atoms with E-state index < -0.39 is 11.8 Å². The van der Waals surface area contributed by atoms with Gasteiger partial charge >= 0.3 is 11.8 Å². The summed E-state index contributed by atoms with van der Waals surface area (Å²) in [6, 6.07) is 9.30. The monoisotopic (exact) mass is 300 g/mol. The van der Waals surface area contributed by atoms with Gasteiger partial charge in [0.2, 0.25) is 0 Å². The van der Waals surface area contributed by atoms with E-state index in [1.165, 1.54) is 0 Å². The first kappa shape index (κ1) is 15.8. The first-order valence-corrected chi connectivity index (χ1v) is 7.35. The van der Waals surface area contributed by atoms with Crippen LogP contribution < -0.4 is 10.6 Å². The van der Waals surface area contributed by atoms with Crippen LogP contribution in [-0.4, -0.2) is 28.1 Å². The topological polar surface area (TPSA) is 76.0 Å². The maximum atomic E-state index is 11.9. The van der Waals surface area contributed by atoms with Gasteiger partial charge in [-0.05, 0) is 30.5 Å². The second-order valence-corrected chi connectivity index (χ2v) is 4.84. The zero-order valence-electron chi connectivity index (χ0n) is 12.6. The standard InChI is InChI=1S/C16H20N4O2/c1-2-13-7-3-4-8-14(13)19-16(22)15(21)17-9-5-11-20-12-6-10-18-20/h3-4,6-8,10,12H,2,5,9,11H2,1H3,(H,17,21)(H,19,22). The second-order valence-electron chi connectivity index (χ2n) is 4.84. The fraction of sp³-hybridized carbons (Fsp3) is 0.312. The van der Waals surface area contributed by atoms with Crippen molar-refractivity contribution in [3.63, 3.8) is 0 Å². The molecule has 0 saturated carbocycles. The number of nitrogens with zero attached hydrogens (tertiary/aromatic N) is 2. The highest BCUT2D eigenvalue weighted by Crippen LogP contribution is 2.14. The van der Waals surface area contributed by atoms with E-state index in [-0.39, 0.29) is 0 Å². The number of hydrogen-bond acceptors (Lipinski definition) is 3. The van der Waals surface area contributed by atoms with Crippen LogP contribution in [0.15, 0.2) is 42.7 Å². The second kappa shape index (κ2) is 7.97. The summed E-state index contributed by atoms with van der Waals surface area (Å²) in [6.45, 7) is 3.13. The summed E-state index contributed by atoms with van der Waals surface area (Å²) < 4.78 is 1.78. The van der Waals surface area contributed by atoms with E-state index in [4.69, 9.17) is 0 Å². The highest BCUT2D eigenvalue weighted by Gasteiger charge is 2.14. The lowest BCUT2D eigenvalue weighted by Crippen LogP contribution is -2.36. The summed E-state index contributed by atoms with van der Waals surface area (Å²) in [7, 11) is 0. The van der Waals surface area contributed by atoms with Crippen molar-refractivity contribution < 1.29 is 9.59 Å². The molecule has 0 atom stereocenters. The molecule has 6 nitrogen and oxygen atoms in total. The molecule has 6 heteroatoms. The van der Waals surface area contributed by atoms with Gasteiger partial charge in [-0.15, -0.1) is 0 Å². The number of benzene rings is 1. The smallest absolute Gasteiger partial charge is 0.313 e. The largest absolute Gasteiger partial charge is 0.348 e. The molecule has 0 unspecified atom stereocenters. The van der Waals surface area contributed by atoms with Crippen molar-refractivity contribution >= 4 is 17.5 Å². The van der Waals surface area contributed by atoms with Crippen LogP contribution in [0.4, 0.5) is 5.69 Å². The number of anilines is 1. The Labute approximate surface area is 129 Å². The van der Waals surface area contributed by atoms with Gasteiger partial charge in [-0.2, -0.15) is 5.10 Å². The van der Waals surface area contributed by atoms with E-state index in [2.05, 4.69) is 15.7 Å². The molecule has 116 valence electrons. The fourth-order valence-corrected chi connectivity index (χ4v) is 2.09. The summed E-state index contributed by atoms with van der Waals surface area (Å²) in [5.41, 5.74) is 1.68. The molecule has 1 heterocycles. The molecular weight excluding hydrogens is 280 g/mol. The predicted octanol–water partition coefficient (Wildman–Crippen LogP) is 1.59. The Balaban J connectivity index is 1.76. The van der Waals surface area contributed by atoms with Gasteiger partial charge < -0.3 is 10.6 Å². The summed E-state index contributed by atoms with van der Waals surface area (Å²) in [4.78, 5) is 23.6. The van der Waals surface area contributed by atoms with Crippen LogP contribution in [0.1, 0.15) is 18.9 Å². The number of amides is 2. The number of carbonyl (C=O) groups is 2. The minimum Gasteiger partial charge on any atom is -0.348 e. The van der Waals surface area contributed by atoms with E-state index in [0.29, 0.717) is 25.2 Å². The van der Waals surface area contributed by atoms with Crippen molar-refractivity contribution in [1.29, 1.82) is 0 Å². The number of para-hydroxylation sites is 1. The highest BCUT2D eigenvalue weighted by molar-refractivity contribution is 6.39. The van der Waals surface area contributed by atoms with Crippen molar-refractivity contribution in [1.82, 2.24) is 15.1 Å². The van der Waals surface area contributed by atoms with Gasteiger partial charge in [-0.25, -0.2) is 0 Å². The Morgan fingerprint density at radius 1 is 1.18 bits per heavy atom. The Bertz CT molecular complexity index is 623. The minimum absolute atomic E-state index is 0.432. The molecular formula is C16H20N4O2. The van der Waals surface area contributed by atoms with Crippen LogP contribution in [0.5, 0.6) is 0 Å². The third kappa shape index (κ3) is 4.44. The quantitative estimate of drug-likeness (QED) is 0.628. The van der Waals surface area contributed by atoms with Crippen molar-refractivity contribution in [2.75, 3.05) is 11.9 Å². The SMILES string of the molecule is CCc1ccccc1NC(=O)C(=O)NCCCn1cccn1. The van der Waals surface area contributed by atoms with E-state index >= 15 is 0 Å². The third-order valence-corrected chi connectivity index (χ3v) is 3.26. The van der Waals surface area contributed by atoms with Crippen LogP contribution in [0.2, 0.25) is 0 Å². The number of aromatic nitrogens is 2. The molecule has 0 aliphatic rings. The van der Waals surface area contributed by atoms with Gasteiger partial charge in [0.15, 0.2) is 0 Å². The molecule has 22 heavy (non-hydrogen) atoms. The van der Waals surface area contributed by atoms with E-state index in [1.807, 2.05) is 37.4 Å². The lowest BCUT2D eigenvalue weighted by Gasteiger charge is -2.09. The number of rotatable bonds is 6. The number of aryl methyl sites for hydroxylation is 2. The fourth-order valence-electron chi connectivity index (χ4n) is 2.09. The minimum atomic E-state index is -0.639. The molecule has 0 aliphatic heterocycles. The van der Waals surface area contributed by atoms with Gasteiger partial charge in [-0.3, -0.25) is 14.3 Å². The predicted molar refractivity (Wildman–Crippen MR) is 84.3 cm³/mol.